The Morgan fingerprint density at radius 1 is 0.469 bits per heavy atom. The zero-order chi connectivity index (χ0) is 32.9. The molecule has 0 radical (unpaired) electrons. The minimum atomic E-state index is 0.293. The summed E-state index contributed by atoms with van der Waals surface area (Å²) < 4.78 is 4.59. The van der Waals surface area contributed by atoms with E-state index >= 15 is 0 Å². The maximum atomic E-state index is 10.0. The minimum Gasteiger partial charge on any atom is -0.309 e. The van der Waals surface area contributed by atoms with Crippen molar-refractivity contribution >= 4 is 43.6 Å². The molecule has 0 aliphatic carbocycles. The lowest BCUT2D eigenvalue weighted by Crippen LogP contribution is -2.00. The van der Waals surface area contributed by atoms with Crippen molar-refractivity contribution in [3.05, 3.63) is 169 Å². The van der Waals surface area contributed by atoms with Crippen molar-refractivity contribution in [2.45, 2.75) is 6.42 Å². The highest BCUT2D eigenvalue weighted by molar-refractivity contribution is 6.12. The van der Waals surface area contributed by atoms with E-state index < -0.39 is 0 Å². The van der Waals surface area contributed by atoms with E-state index in [1.807, 2.05) is 24.3 Å². The van der Waals surface area contributed by atoms with Gasteiger partial charge in [-0.25, -0.2) is 0 Å². The molecule has 49 heavy (non-hydrogen) atoms. The fraction of sp³-hybridized carbons (Fsp3) is 0.0222. The monoisotopic (exact) mass is 624 g/mol. The SMILES string of the molecule is N#CCc1cccc(-c2ccccc2-n2c3ccccc3c3c(C#N)cccc32)c1-c1ccc(-n2c3ccccc3c3ccccc32)cc1. The topological polar surface area (TPSA) is 57.4 Å². The number of benzene rings is 7. The Labute approximate surface area is 283 Å². The summed E-state index contributed by atoms with van der Waals surface area (Å²) >= 11 is 0. The van der Waals surface area contributed by atoms with Gasteiger partial charge in [-0.1, -0.05) is 109 Å². The van der Waals surface area contributed by atoms with E-state index in [-0.39, 0.29) is 0 Å². The van der Waals surface area contributed by atoms with Crippen LogP contribution in [0.1, 0.15) is 11.1 Å². The van der Waals surface area contributed by atoms with E-state index in [1.165, 1.54) is 21.8 Å². The van der Waals surface area contributed by atoms with Crippen LogP contribution in [-0.2, 0) is 6.42 Å². The largest absolute Gasteiger partial charge is 0.309 e. The first-order chi connectivity index (χ1) is 24.3. The van der Waals surface area contributed by atoms with Gasteiger partial charge >= 0.3 is 0 Å². The summed E-state index contributed by atoms with van der Waals surface area (Å²) in [5.41, 5.74) is 12.3. The van der Waals surface area contributed by atoms with Gasteiger partial charge in [0.05, 0.1) is 51.9 Å². The fourth-order valence-corrected chi connectivity index (χ4v) is 7.64. The molecule has 9 aromatic rings. The van der Waals surface area contributed by atoms with Crippen LogP contribution in [0.2, 0.25) is 0 Å². The van der Waals surface area contributed by atoms with Gasteiger partial charge in [0.15, 0.2) is 0 Å². The van der Waals surface area contributed by atoms with Gasteiger partial charge in [-0.3, -0.25) is 0 Å². The van der Waals surface area contributed by atoms with Crippen LogP contribution in [0.25, 0.3) is 77.2 Å². The van der Waals surface area contributed by atoms with Gasteiger partial charge in [0, 0.05) is 32.8 Å². The summed E-state index contributed by atoms with van der Waals surface area (Å²) in [6, 6.07) is 59.6. The van der Waals surface area contributed by atoms with Crippen molar-refractivity contribution in [1.29, 1.82) is 10.5 Å². The van der Waals surface area contributed by atoms with Crippen LogP contribution in [0.15, 0.2) is 158 Å². The van der Waals surface area contributed by atoms with Gasteiger partial charge < -0.3 is 9.13 Å². The van der Waals surface area contributed by atoms with Crippen LogP contribution in [0.3, 0.4) is 0 Å². The van der Waals surface area contributed by atoms with E-state index in [4.69, 9.17) is 0 Å². The minimum absolute atomic E-state index is 0.293. The third-order valence-electron chi connectivity index (χ3n) is 9.67. The molecular formula is C45H28N4. The lowest BCUT2D eigenvalue weighted by Gasteiger charge is -2.19. The quantitative estimate of drug-likeness (QED) is 0.191. The van der Waals surface area contributed by atoms with E-state index in [0.717, 1.165) is 61.0 Å². The number of nitrogens with zero attached hydrogens (tertiary/aromatic N) is 4. The Kier molecular flexibility index (Phi) is 6.61. The van der Waals surface area contributed by atoms with Gasteiger partial charge in [-0.15, -0.1) is 0 Å². The first-order valence-electron chi connectivity index (χ1n) is 16.4. The molecule has 0 unspecified atom stereocenters. The van der Waals surface area contributed by atoms with Crippen LogP contribution >= 0.6 is 0 Å². The highest BCUT2D eigenvalue weighted by Gasteiger charge is 2.20. The smallest absolute Gasteiger partial charge is 0.0998 e. The second-order valence-corrected chi connectivity index (χ2v) is 12.3. The molecule has 7 aromatic carbocycles. The highest BCUT2D eigenvalue weighted by atomic mass is 15.0. The maximum absolute atomic E-state index is 10.0. The molecule has 0 aliphatic rings. The first kappa shape index (κ1) is 28.4. The molecule has 0 amide bonds. The summed E-state index contributed by atoms with van der Waals surface area (Å²) in [6.45, 7) is 0. The van der Waals surface area contributed by atoms with Crippen LogP contribution in [0.4, 0.5) is 0 Å². The average molecular weight is 625 g/mol. The van der Waals surface area contributed by atoms with E-state index in [1.54, 1.807) is 0 Å². The number of hydrogen-bond acceptors (Lipinski definition) is 2. The Bertz CT molecular complexity index is 2770. The molecule has 0 saturated carbocycles. The highest BCUT2D eigenvalue weighted by Crippen LogP contribution is 2.42. The van der Waals surface area contributed by atoms with Crippen molar-refractivity contribution in [2.24, 2.45) is 0 Å². The van der Waals surface area contributed by atoms with Crippen molar-refractivity contribution in [1.82, 2.24) is 9.13 Å². The molecule has 4 heteroatoms. The van der Waals surface area contributed by atoms with Crippen LogP contribution < -0.4 is 0 Å². The lowest BCUT2D eigenvalue weighted by atomic mass is 9.88. The molecule has 0 N–H and O–H groups in total. The number of aromatic nitrogens is 2. The molecule has 2 heterocycles. The molecule has 0 bridgehead atoms. The Balaban J connectivity index is 1.26. The fourth-order valence-electron chi connectivity index (χ4n) is 7.64. The van der Waals surface area contributed by atoms with E-state index in [0.29, 0.717) is 12.0 Å². The zero-order valence-corrected chi connectivity index (χ0v) is 26.5. The van der Waals surface area contributed by atoms with Gasteiger partial charge in [0.2, 0.25) is 0 Å². The Hall–Kier alpha value is -6.88. The predicted octanol–water partition coefficient (Wildman–Crippen LogP) is 11.2. The summed E-state index contributed by atoms with van der Waals surface area (Å²) in [4.78, 5) is 0. The van der Waals surface area contributed by atoms with Gasteiger partial charge in [-0.2, -0.15) is 10.5 Å². The number of nitriles is 2. The Morgan fingerprint density at radius 3 is 1.73 bits per heavy atom. The molecule has 2 aromatic heterocycles. The number of rotatable bonds is 5. The standard InChI is InChI=1S/C45H28N4/c46-28-27-30-11-9-17-37(36-15-3-7-20-41(36)49-42-21-8-4-16-38(42)45-32(29-47)12-10-22-43(45)49)44(30)31-23-25-33(26-24-31)48-39-18-5-1-13-34(39)35-14-2-6-19-40(35)48/h1-26H,27H2. The third-order valence-corrected chi connectivity index (χ3v) is 9.67. The normalized spacial score (nSPS) is 11.3. The average Bonchev–Trinajstić information content (AvgIpc) is 3.68. The molecule has 0 fully saturated rings. The lowest BCUT2D eigenvalue weighted by molar-refractivity contribution is 1.18. The van der Waals surface area contributed by atoms with Gasteiger partial charge in [-0.05, 0) is 70.8 Å². The number of para-hydroxylation sites is 4. The van der Waals surface area contributed by atoms with E-state index in [2.05, 4.69) is 155 Å². The Morgan fingerprint density at radius 2 is 1.04 bits per heavy atom. The molecule has 4 nitrogen and oxygen atoms in total. The summed E-state index contributed by atoms with van der Waals surface area (Å²) in [6.07, 6.45) is 0.293. The number of hydrogen-bond donors (Lipinski definition) is 0. The van der Waals surface area contributed by atoms with Crippen molar-refractivity contribution in [2.75, 3.05) is 0 Å². The molecule has 0 atom stereocenters. The predicted molar refractivity (Wildman–Crippen MR) is 200 cm³/mol. The van der Waals surface area contributed by atoms with Gasteiger partial charge in [0.1, 0.15) is 0 Å². The molecule has 0 saturated heterocycles. The first-order valence-corrected chi connectivity index (χ1v) is 16.4. The van der Waals surface area contributed by atoms with Gasteiger partial charge in [0.25, 0.3) is 0 Å². The van der Waals surface area contributed by atoms with Crippen LogP contribution in [0, 0.1) is 22.7 Å². The summed E-state index contributed by atoms with van der Waals surface area (Å²) in [5.74, 6) is 0. The molecule has 9 rings (SSSR count). The van der Waals surface area contributed by atoms with Crippen molar-refractivity contribution in [3.63, 3.8) is 0 Å². The third kappa shape index (κ3) is 4.36. The summed E-state index contributed by atoms with van der Waals surface area (Å²) in [5, 5.41) is 24.4. The van der Waals surface area contributed by atoms with Crippen molar-refractivity contribution < 1.29 is 0 Å². The molecule has 0 aliphatic heterocycles. The van der Waals surface area contributed by atoms with Crippen LogP contribution in [-0.4, -0.2) is 9.13 Å². The molecular weight excluding hydrogens is 597 g/mol. The second-order valence-electron chi connectivity index (χ2n) is 12.3. The molecule has 228 valence electrons. The molecule has 0 spiro atoms. The van der Waals surface area contributed by atoms with Crippen molar-refractivity contribution in [3.8, 4) is 45.8 Å². The zero-order valence-electron chi connectivity index (χ0n) is 26.5. The maximum Gasteiger partial charge on any atom is 0.0998 e. The van der Waals surface area contributed by atoms with E-state index in [9.17, 15) is 10.5 Å². The van der Waals surface area contributed by atoms with Crippen LogP contribution in [0.5, 0.6) is 0 Å². The number of fused-ring (bicyclic) bond motifs is 6. The second kappa shape index (κ2) is 11.4. The summed E-state index contributed by atoms with van der Waals surface area (Å²) in [7, 11) is 0.